The zero-order chi connectivity index (χ0) is 16.7. The highest BCUT2D eigenvalue weighted by Gasteiger charge is 2.05. The fourth-order valence-electron chi connectivity index (χ4n) is 2.21. The lowest BCUT2D eigenvalue weighted by molar-refractivity contribution is 0.336. The van der Waals surface area contributed by atoms with Crippen LogP contribution in [0.15, 0.2) is 42.5 Å². The molecule has 3 nitrogen and oxygen atoms in total. The second-order valence-electron chi connectivity index (χ2n) is 5.15. The predicted molar refractivity (Wildman–Crippen MR) is 102 cm³/mol. The third kappa shape index (κ3) is 5.41. The van der Waals surface area contributed by atoms with E-state index in [2.05, 4.69) is 16.7 Å². The molecule has 2 aromatic rings. The molecule has 0 unspecified atom stereocenters. The maximum atomic E-state index is 6.19. The minimum Gasteiger partial charge on any atom is -0.494 e. The van der Waals surface area contributed by atoms with E-state index in [-0.39, 0.29) is 0 Å². The van der Waals surface area contributed by atoms with Crippen molar-refractivity contribution in [1.29, 1.82) is 0 Å². The summed E-state index contributed by atoms with van der Waals surface area (Å²) in [5.74, 6) is 0.928. The van der Waals surface area contributed by atoms with Crippen molar-refractivity contribution in [2.75, 3.05) is 18.5 Å². The molecule has 0 atom stereocenters. The summed E-state index contributed by atoms with van der Waals surface area (Å²) in [4.78, 5) is 0. The summed E-state index contributed by atoms with van der Waals surface area (Å²) in [5.41, 5.74) is 3.09. The van der Waals surface area contributed by atoms with Crippen molar-refractivity contribution < 1.29 is 4.74 Å². The Kier molecular flexibility index (Phi) is 6.68. The van der Waals surface area contributed by atoms with Gasteiger partial charge in [-0.25, -0.2) is 0 Å². The van der Waals surface area contributed by atoms with Crippen LogP contribution in [-0.2, 0) is 6.42 Å². The van der Waals surface area contributed by atoms with Crippen LogP contribution in [-0.4, -0.2) is 18.3 Å². The van der Waals surface area contributed by atoms with Crippen LogP contribution >= 0.6 is 23.8 Å². The molecule has 23 heavy (non-hydrogen) atoms. The number of halogens is 1. The third-order valence-electron chi connectivity index (χ3n) is 3.33. The van der Waals surface area contributed by atoms with Crippen LogP contribution in [0, 0.1) is 6.92 Å². The molecule has 0 saturated carbocycles. The van der Waals surface area contributed by atoms with E-state index in [1.807, 2.05) is 50.2 Å². The third-order valence-corrected chi connectivity index (χ3v) is 3.88. The molecule has 2 N–H and O–H groups in total. The molecule has 0 fully saturated rings. The molecule has 0 heterocycles. The zero-order valence-corrected chi connectivity index (χ0v) is 14.9. The largest absolute Gasteiger partial charge is 0.494 e. The number of hydrogen-bond donors (Lipinski definition) is 2. The van der Waals surface area contributed by atoms with E-state index in [9.17, 15) is 0 Å². The Labute approximate surface area is 148 Å². The summed E-state index contributed by atoms with van der Waals surface area (Å²) in [7, 11) is 0. The Morgan fingerprint density at radius 2 is 2.00 bits per heavy atom. The lowest BCUT2D eigenvalue weighted by Gasteiger charge is -2.13. The Balaban J connectivity index is 1.85. The number of benzene rings is 2. The highest BCUT2D eigenvalue weighted by molar-refractivity contribution is 7.80. The van der Waals surface area contributed by atoms with Gasteiger partial charge in [0.1, 0.15) is 5.75 Å². The van der Waals surface area contributed by atoms with Gasteiger partial charge >= 0.3 is 0 Å². The van der Waals surface area contributed by atoms with Gasteiger partial charge in [-0.15, -0.1) is 0 Å². The average Bonchev–Trinajstić information content (AvgIpc) is 2.52. The van der Waals surface area contributed by atoms with Crippen LogP contribution < -0.4 is 15.4 Å². The monoisotopic (exact) mass is 348 g/mol. The number of rotatable bonds is 6. The summed E-state index contributed by atoms with van der Waals surface area (Å²) in [6.07, 6.45) is 0.833. The van der Waals surface area contributed by atoms with Crippen LogP contribution in [0.5, 0.6) is 5.75 Å². The van der Waals surface area contributed by atoms with Gasteiger partial charge in [-0.2, -0.15) is 0 Å². The van der Waals surface area contributed by atoms with Crippen molar-refractivity contribution in [2.24, 2.45) is 0 Å². The van der Waals surface area contributed by atoms with E-state index in [1.54, 1.807) is 0 Å². The van der Waals surface area contributed by atoms with Crippen LogP contribution in [0.25, 0.3) is 0 Å². The first kappa shape index (κ1) is 17.6. The molecule has 0 radical (unpaired) electrons. The Morgan fingerprint density at radius 1 is 1.22 bits per heavy atom. The Morgan fingerprint density at radius 3 is 2.74 bits per heavy atom. The first-order valence-electron chi connectivity index (χ1n) is 7.62. The highest BCUT2D eigenvalue weighted by atomic mass is 35.5. The molecule has 0 amide bonds. The maximum Gasteiger partial charge on any atom is 0.170 e. The molecule has 0 saturated heterocycles. The van der Waals surface area contributed by atoms with E-state index in [0.29, 0.717) is 16.7 Å². The molecule has 2 aromatic carbocycles. The summed E-state index contributed by atoms with van der Waals surface area (Å²) < 4.78 is 5.62. The number of para-hydroxylation sites is 1. The van der Waals surface area contributed by atoms with Crippen LogP contribution in [0.1, 0.15) is 18.1 Å². The van der Waals surface area contributed by atoms with Crippen LogP contribution in [0.4, 0.5) is 5.69 Å². The van der Waals surface area contributed by atoms with Gasteiger partial charge in [-0.05, 0) is 61.8 Å². The molecule has 0 aliphatic carbocycles. The van der Waals surface area contributed by atoms with E-state index in [1.165, 1.54) is 0 Å². The Bertz CT molecular complexity index is 676. The topological polar surface area (TPSA) is 33.3 Å². The van der Waals surface area contributed by atoms with Crippen LogP contribution in [0.2, 0.25) is 5.02 Å². The molecule has 0 aliphatic rings. The van der Waals surface area contributed by atoms with Gasteiger partial charge in [0.15, 0.2) is 5.11 Å². The van der Waals surface area contributed by atoms with Gasteiger partial charge in [0, 0.05) is 6.54 Å². The lowest BCUT2D eigenvalue weighted by atomic mass is 10.1. The van der Waals surface area contributed by atoms with Crippen molar-refractivity contribution in [3.8, 4) is 5.75 Å². The van der Waals surface area contributed by atoms with Crippen molar-refractivity contribution in [2.45, 2.75) is 20.3 Å². The molecule has 0 aliphatic heterocycles. The van der Waals surface area contributed by atoms with Crippen molar-refractivity contribution in [3.63, 3.8) is 0 Å². The number of nitrogens with one attached hydrogen (secondary N) is 2. The molecule has 122 valence electrons. The van der Waals surface area contributed by atoms with E-state index >= 15 is 0 Å². The summed E-state index contributed by atoms with van der Waals surface area (Å²) >= 11 is 11.5. The van der Waals surface area contributed by atoms with Gasteiger partial charge in [0.2, 0.25) is 0 Å². The fourth-order valence-corrected chi connectivity index (χ4v) is 2.70. The van der Waals surface area contributed by atoms with E-state index in [4.69, 9.17) is 28.6 Å². The number of hydrogen-bond acceptors (Lipinski definition) is 2. The van der Waals surface area contributed by atoms with Crippen molar-refractivity contribution in [1.82, 2.24) is 5.32 Å². The zero-order valence-electron chi connectivity index (χ0n) is 13.4. The molecule has 0 spiro atoms. The molecule has 0 bridgehead atoms. The van der Waals surface area contributed by atoms with Gasteiger partial charge in [-0.1, -0.05) is 35.9 Å². The number of aryl methyl sites for hydroxylation is 1. The SMILES string of the molecule is CCOc1ccccc1CCNC(=S)Nc1ccc(C)cc1Cl. The van der Waals surface area contributed by atoms with Gasteiger partial charge in [-0.3, -0.25) is 0 Å². The molecule has 5 heteroatoms. The lowest BCUT2D eigenvalue weighted by Crippen LogP contribution is -2.30. The first-order valence-corrected chi connectivity index (χ1v) is 8.40. The van der Waals surface area contributed by atoms with Crippen molar-refractivity contribution in [3.05, 3.63) is 58.6 Å². The normalized spacial score (nSPS) is 10.2. The number of ether oxygens (including phenoxy) is 1. The quantitative estimate of drug-likeness (QED) is 0.749. The minimum absolute atomic E-state index is 0.560. The van der Waals surface area contributed by atoms with E-state index < -0.39 is 0 Å². The molecule has 0 aromatic heterocycles. The minimum atomic E-state index is 0.560. The number of anilines is 1. The average molecular weight is 349 g/mol. The predicted octanol–water partition coefficient (Wildman–Crippen LogP) is 4.58. The van der Waals surface area contributed by atoms with Gasteiger partial charge in [0.05, 0.1) is 17.3 Å². The molecule has 2 rings (SSSR count). The second kappa shape index (κ2) is 8.75. The summed E-state index contributed by atoms with van der Waals surface area (Å²) in [5, 5.41) is 7.54. The Hall–Kier alpha value is -1.78. The van der Waals surface area contributed by atoms with Gasteiger partial charge < -0.3 is 15.4 Å². The van der Waals surface area contributed by atoms with Crippen molar-refractivity contribution >= 4 is 34.6 Å². The smallest absolute Gasteiger partial charge is 0.170 e. The number of thiocarbonyl (C=S) groups is 1. The fraction of sp³-hybridized carbons (Fsp3) is 0.278. The summed E-state index contributed by atoms with van der Waals surface area (Å²) in [6.45, 7) is 5.37. The van der Waals surface area contributed by atoms with Gasteiger partial charge in [0.25, 0.3) is 0 Å². The first-order chi connectivity index (χ1) is 11.1. The molecular formula is C18H21ClN2OS. The van der Waals surface area contributed by atoms with Crippen LogP contribution in [0.3, 0.4) is 0 Å². The molecular weight excluding hydrogens is 328 g/mol. The summed E-state index contributed by atoms with van der Waals surface area (Å²) in [6, 6.07) is 13.9. The van der Waals surface area contributed by atoms with E-state index in [0.717, 1.165) is 35.5 Å². The maximum absolute atomic E-state index is 6.19. The standard InChI is InChI=1S/C18H21ClN2OS/c1-3-22-17-7-5-4-6-14(17)10-11-20-18(23)21-16-9-8-13(2)12-15(16)19/h4-9,12H,3,10-11H2,1-2H3,(H2,20,21,23). The highest BCUT2D eigenvalue weighted by Crippen LogP contribution is 2.22. The second-order valence-corrected chi connectivity index (χ2v) is 5.97.